The van der Waals surface area contributed by atoms with E-state index in [0.29, 0.717) is 36.4 Å². The second-order valence-corrected chi connectivity index (χ2v) is 18.8. The molecule has 296 valence electrons. The van der Waals surface area contributed by atoms with Gasteiger partial charge in [-0.25, -0.2) is 0 Å². The molecule has 2 spiro atoms. The van der Waals surface area contributed by atoms with Crippen molar-refractivity contribution in [3.63, 3.8) is 0 Å². The van der Waals surface area contributed by atoms with Crippen LogP contribution in [-0.4, -0.2) is 70.2 Å². The monoisotopic (exact) mass is 784 g/mol. The van der Waals surface area contributed by atoms with Crippen LogP contribution in [0.3, 0.4) is 0 Å². The van der Waals surface area contributed by atoms with Gasteiger partial charge in [-0.3, -0.25) is 14.6 Å². The Hall–Kier alpha value is -3.27. The normalized spacial score (nSPS) is 37.4. The molecule has 6 aliphatic carbocycles. The molecule has 3 saturated carbocycles. The molecule has 2 N–H and O–H groups in total. The molecule has 56 heavy (non-hydrogen) atoms. The predicted molar refractivity (Wildman–Crippen MR) is 212 cm³/mol. The summed E-state index contributed by atoms with van der Waals surface area (Å²) in [6.45, 7) is 8.34. The van der Waals surface area contributed by atoms with E-state index in [2.05, 4.69) is 78.3 Å². The molecule has 9 atom stereocenters. The molecule has 2 bridgehead atoms. The van der Waals surface area contributed by atoms with Crippen molar-refractivity contribution < 1.29 is 28.2 Å². The molecule has 0 amide bonds. The lowest BCUT2D eigenvalue weighted by Crippen LogP contribution is -2.67. The number of hydrogen-bond donors (Lipinski definition) is 2. The van der Waals surface area contributed by atoms with E-state index in [9.17, 15) is 28.2 Å². The average molecular weight is 785 g/mol. The minimum atomic E-state index is -4.57. The third kappa shape index (κ3) is 5.67. The van der Waals surface area contributed by atoms with Gasteiger partial charge in [-0.15, -0.1) is 0 Å². The number of allylic oxidation sites excluding steroid dienone is 4. The van der Waals surface area contributed by atoms with Crippen molar-refractivity contribution in [3.8, 4) is 0 Å². The highest BCUT2D eigenvalue weighted by Crippen LogP contribution is 2.78. The number of fused-ring (bicyclic) bond motifs is 1. The lowest BCUT2D eigenvalue weighted by atomic mass is 9.32. The maximum Gasteiger partial charge on any atom is 0.416 e. The smallest absolute Gasteiger partial charge is 0.393 e. The second kappa shape index (κ2) is 13.4. The number of hydrogen-bond acceptors (Lipinski definition) is 5. The average Bonchev–Trinajstić information content (AvgIpc) is 3.45. The third-order valence-electron chi connectivity index (χ3n) is 16.0. The van der Waals surface area contributed by atoms with Crippen LogP contribution >= 0.6 is 11.6 Å². The zero-order chi connectivity index (χ0) is 39.3. The fourth-order valence-corrected chi connectivity index (χ4v) is 13.2. The Morgan fingerprint density at radius 1 is 0.839 bits per heavy atom. The van der Waals surface area contributed by atoms with Crippen LogP contribution in [0.5, 0.6) is 0 Å². The number of benzene rings is 3. The van der Waals surface area contributed by atoms with Crippen LogP contribution in [0.4, 0.5) is 13.2 Å². The fraction of sp³-hybridized carbons (Fsp3) is 0.511. The zero-order valence-electron chi connectivity index (χ0n) is 32.2. The maximum atomic E-state index is 14.8. The van der Waals surface area contributed by atoms with E-state index >= 15 is 0 Å². The molecule has 0 aromatic heterocycles. The number of nitrogens with zero attached hydrogens (tertiary/aromatic N) is 2. The molecular weight excluding hydrogens is 733 g/mol. The predicted octanol–water partition coefficient (Wildman–Crippen LogP) is 9.54. The highest BCUT2D eigenvalue weighted by atomic mass is 35.5. The SMILES string of the molecule is C[C@]12CC[C@H]3[C@]4(C=C[C@@]5(C=C4C(=O)c4cccc(C(F)(F)F)c4)CC(O)CC[C@]35C)[C@@H]1CC[C@@]2(O)CN1CCN(C(c2ccccc2)c2ccc(Cl)cc2)CC1. The van der Waals surface area contributed by atoms with Crippen molar-refractivity contribution in [1.82, 2.24) is 9.80 Å². The molecule has 3 aromatic carbocycles. The molecule has 2 unspecified atom stereocenters. The number of carbonyl (C=O) groups excluding carboxylic acids is 1. The van der Waals surface area contributed by atoms with E-state index in [0.717, 1.165) is 64.0 Å². The van der Waals surface area contributed by atoms with Gasteiger partial charge >= 0.3 is 6.18 Å². The molecule has 7 aliphatic rings. The molecule has 1 heterocycles. The third-order valence-corrected chi connectivity index (χ3v) is 16.2. The Bertz CT molecular complexity index is 2060. The van der Waals surface area contributed by atoms with Gasteiger partial charge in [-0.1, -0.05) is 98.3 Å². The fourth-order valence-electron chi connectivity index (χ4n) is 13.0. The van der Waals surface area contributed by atoms with E-state index in [1.54, 1.807) is 0 Å². The first-order chi connectivity index (χ1) is 26.6. The lowest BCUT2D eigenvalue weighted by Gasteiger charge is -2.71. The molecule has 9 heteroatoms. The first-order valence-corrected chi connectivity index (χ1v) is 20.8. The summed E-state index contributed by atoms with van der Waals surface area (Å²) in [6, 6.07) is 23.6. The van der Waals surface area contributed by atoms with Crippen molar-refractivity contribution in [1.29, 1.82) is 0 Å². The number of carbonyl (C=O) groups is 1. The van der Waals surface area contributed by atoms with Crippen LogP contribution in [0.25, 0.3) is 0 Å². The Balaban J connectivity index is 1.02. The minimum absolute atomic E-state index is 0.0421. The lowest BCUT2D eigenvalue weighted by molar-refractivity contribution is -0.177. The molecule has 10 rings (SSSR count). The summed E-state index contributed by atoms with van der Waals surface area (Å²) in [5.74, 6) is -0.378. The molecule has 4 fully saturated rings. The van der Waals surface area contributed by atoms with E-state index in [4.69, 9.17) is 11.6 Å². The van der Waals surface area contributed by atoms with Gasteiger partial charge in [0.1, 0.15) is 0 Å². The number of β-amino-alcohol motifs (C(OH)–C–C–N with tert-alkyl or cyclic N) is 1. The number of aliphatic hydroxyl groups excluding tert-OH is 1. The van der Waals surface area contributed by atoms with Crippen molar-refractivity contribution in [3.05, 3.63) is 130 Å². The van der Waals surface area contributed by atoms with Crippen LogP contribution in [-0.2, 0) is 6.18 Å². The number of piperazine rings is 1. The molecule has 0 radical (unpaired) electrons. The summed E-state index contributed by atoms with van der Waals surface area (Å²) >= 11 is 6.28. The maximum absolute atomic E-state index is 14.8. The Labute approximate surface area is 333 Å². The number of rotatable bonds is 7. The molecule has 5 nitrogen and oxygen atoms in total. The van der Waals surface area contributed by atoms with Crippen LogP contribution in [0.2, 0.25) is 5.02 Å². The molecular formula is C47H52ClF3N2O3. The van der Waals surface area contributed by atoms with Crippen LogP contribution in [0.1, 0.15) is 91.9 Å². The van der Waals surface area contributed by atoms with Crippen LogP contribution in [0, 0.1) is 33.5 Å². The highest BCUT2D eigenvalue weighted by Gasteiger charge is 2.74. The van der Waals surface area contributed by atoms with Crippen LogP contribution in [0.15, 0.2) is 103 Å². The minimum Gasteiger partial charge on any atom is -0.393 e. The molecule has 1 aliphatic heterocycles. The molecule has 1 saturated heterocycles. The van der Waals surface area contributed by atoms with Crippen molar-refractivity contribution in [2.45, 2.75) is 82.7 Å². The van der Waals surface area contributed by atoms with Gasteiger partial charge < -0.3 is 10.2 Å². The van der Waals surface area contributed by atoms with Gasteiger partial charge in [0, 0.05) is 65.1 Å². The van der Waals surface area contributed by atoms with Crippen molar-refractivity contribution in [2.24, 2.45) is 33.5 Å². The second-order valence-electron chi connectivity index (χ2n) is 18.4. The van der Waals surface area contributed by atoms with E-state index < -0.39 is 39.7 Å². The number of halogens is 4. The standard InChI is InChI=1S/C47H52ClF3N2O3/c1-42-18-15-36(54)28-44(42)21-22-46(37(29-44)41(55)33-9-6-10-34(27-33)47(49,50)51)38(42)16-19-43(2)39(46)17-20-45(43,56)30-52-23-25-53(26-24-52)40(31-7-4-3-5-8-31)32-11-13-35(48)14-12-32/h3-14,21-22,27,29,36,38-40,54,56H,15-20,23-26,28,30H2,1-2H3/t36?,38-,39-,40?,42-,43+,44+,45-,46-/m1/s1. The summed E-state index contributed by atoms with van der Waals surface area (Å²) in [4.78, 5) is 19.8. The number of alkyl halides is 3. The van der Waals surface area contributed by atoms with Gasteiger partial charge in [0.2, 0.25) is 0 Å². The topological polar surface area (TPSA) is 64.0 Å². The largest absolute Gasteiger partial charge is 0.416 e. The molecule has 3 aromatic rings. The van der Waals surface area contributed by atoms with Crippen LogP contribution < -0.4 is 0 Å². The number of aliphatic hydroxyl groups is 2. The summed E-state index contributed by atoms with van der Waals surface area (Å²) < 4.78 is 41.8. The summed E-state index contributed by atoms with van der Waals surface area (Å²) in [7, 11) is 0. The quantitative estimate of drug-likeness (QED) is 0.185. The van der Waals surface area contributed by atoms with Gasteiger partial charge in [0.15, 0.2) is 5.78 Å². The first kappa shape index (κ1) is 38.3. The number of ketones is 1. The zero-order valence-corrected chi connectivity index (χ0v) is 33.0. The highest BCUT2D eigenvalue weighted by molar-refractivity contribution is 6.30. The van der Waals surface area contributed by atoms with Crippen molar-refractivity contribution >= 4 is 17.4 Å². The van der Waals surface area contributed by atoms with Gasteiger partial charge in [-0.05, 0) is 97.6 Å². The summed E-state index contributed by atoms with van der Waals surface area (Å²) in [6.07, 6.45) is 6.36. The Morgan fingerprint density at radius 3 is 2.21 bits per heavy atom. The summed E-state index contributed by atoms with van der Waals surface area (Å²) in [5.41, 5.74) is -0.870. The van der Waals surface area contributed by atoms with E-state index in [-0.39, 0.29) is 34.6 Å². The van der Waals surface area contributed by atoms with Gasteiger partial charge in [0.25, 0.3) is 0 Å². The summed E-state index contributed by atoms with van der Waals surface area (Å²) in [5, 5.41) is 24.7. The first-order valence-electron chi connectivity index (χ1n) is 20.5. The Kier molecular flexibility index (Phi) is 9.14. The van der Waals surface area contributed by atoms with Gasteiger partial charge in [-0.2, -0.15) is 13.2 Å². The van der Waals surface area contributed by atoms with Crippen molar-refractivity contribution in [2.75, 3.05) is 32.7 Å². The number of Topliss-reactive ketones (excluding diaryl/α,β-unsaturated/α-hetero) is 1. The van der Waals surface area contributed by atoms with E-state index in [1.165, 1.54) is 23.3 Å². The Morgan fingerprint density at radius 2 is 1.50 bits per heavy atom. The van der Waals surface area contributed by atoms with E-state index in [1.807, 2.05) is 18.2 Å². The van der Waals surface area contributed by atoms with Gasteiger partial charge in [0.05, 0.1) is 23.3 Å².